The highest BCUT2D eigenvalue weighted by Gasteiger charge is 2.16. The molecule has 0 aliphatic heterocycles. The van der Waals surface area contributed by atoms with Crippen molar-refractivity contribution in [1.82, 2.24) is 4.98 Å². The van der Waals surface area contributed by atoms with E-state index in [9.17, 15) is 9.18 Å². The first-order chi connectivity index (χ1) is 8.60. The van der Waals surface area contributed by atoms with Crippen molar-refractivity contribution >= 4 is 16.9 Å². The number of hydrogen-bond acceptors (Lipinski definition) is 3. The standard InChI is InChI=1S/C13H15FN2O2/c1-2-18-13(17)11(15)7-10-5-8-3-4-9(14)6-12(8)16-10/h3-6,11,16H,2,7,15H2,1H3. The van der Waals surface area contributed by atoms with Crippen LogP contribution >= 0.6 is 0 Å². The lowest BCUT2D eigenvalue weighted by molar-refractivity contribution is -0.144. The molecule has 0 aliphatic rings. The number of carbonyl (C=O) groups excluding carboxylic acids is 1. The second-order valence-electron chi connectivity index (χ2n) is 4.09. The van der Waals surface area contributed by atoms with Crippen molar-refractivity contribution in [1.29, 1.82) is 0 Å². The van der Waals surface area contributed by atoms with Gasteiger partial charge in [0.15, 0.2) is 0 Å². The maximum absolute atomic E-state index is 13.0. The zero-order valence-electron chi connectivity index (χ0n) is 10.1. The second-order valence-corrected chi connectivity index (χ2v) is 4.09. The summed E-state index contributed by atoms with van der Waals surface area (Å²) < 4.78 is 17.8. The highest BCUT2D eigenvalue weighted by molar-refractivity contribution is 5.81. The van der Waals surface area contributed by atoms with Crippen LogP contribution in [0.4, 0.5) is 4.39 Å². The first-order valence-corrected chi connectivity index (χ1v) is 5.79. The Morgan fingerprint density at radius 2 is 2.28 bits per heavy atom. The molecule has 1 aromatic carbocycles. The van der Waals surface area contributed by atoms with Crippen LogP contribution in [0.3, 0.4) is 0 Å². The van der Waals surface area contributed by atoms with Gasteiger partial charge in [-0.05, 0) is 36.6 Å². The summed E-state index contributed by atoms with van der Waals surface area (Å²) in [6, 6.07) is 5.64. The van der Waals surface area contributed by atoms with E-state index in [0.29, 0.717) is 18.5 Å². The first-order valence-electron chi connectivity index (χ1n) is 5.79. The molecular weight excluding hydrogens is 235 g/mol. The molecule has 0 amide bonds. The molecule has 3 N–H and O–H groups in total. The molecule has 0 saturated carbocycles. The van der Waals surface area contributed by atoms with Crippen molar-refractivity contribution in [3.05, 3.63) is 35.8 Å². The Hall–Kier alpha value is -1.88. The summed E-state index contributed by atoms with van der Waals surface area (Å²) in [7, 11) is 0. The van der Waals surface area contributed by atoms with Crippen LogP contribution in [0, 0.1) is 5.82 Å². The lowest BCUT2D eigenvalue weighted by Crippen LogP contribution is -2.34. The van der Waals surface area contributed by atoms with Gasteiger partial charge in [-0.2, -0.15) is 0 Å². The Morgan fingerprint density at radius 3 is 3.00 bits per heavy atom. The van der Waals surface area contributed by atoms with Gasteiger partial charge in [0.25, 0.3) is 0 Å². The summed E-state index contributed by atoms with van der Waals surface area (Å²) in [6.45, 7) is 2.04. The third-order valence-electron chi connectivity index (χ3n) is 2.67. The number of benzene rings is 1. The molecule has 5 heteroatoms. The summed E-state index contributed by atoms with van der Waals surface area (Å²) in [5.41, 5.74) is 7.20. The molecule has 1 heterocycles. The lowest BCUT2D eigenvalue weighted by Gasteiger charge is -2.08. The number of nitrogens with two attached hydrogens (primary N) is 1. The molecule has 0 saturated heterocycles. The van der Waals surface area contributed by atoms with Gasteiger partial charge in [0.1, 0.15) is 11.9 Å². The van der Waals surface area contributed by atoms with Crippen molar-refractivity contribution in [3.8, 4) is 0 Å². The van der Waals surface area contributed by atoms with E-state index in [1.165, 1.54) is 12.1 Å². The maximum atomic E-state index is 13.0. The second kappa shape index (κ2) is 5.18. The van der Waals surface area contributed by atoms with Gasteiger partial charge in [-0.3, -0.25) is 4.79 Å². The Labute approximate surface area is 104 Å². The number of ether oxygens (including phenoxy) is 1. The number of fused-ring (bicyclic) bond motifs is 1. The van der Waals surface area contributed by atoms with E-state index in [-0.39, 0.29) is 5.82 Å². The Morgan fingerprint density at radius 1 is 1.50 bits per heavy atom. The van der Waals surface area contributed by atoms with E-state index in [1.807, 2.05) is 6.07 Å². The minimum absolute atomic E-state index is 0.300. The first kappa shape index (κ1) is 12.6. The quantitative estimate of drug-likeness (QED) is 0.812. The van der Waals surface area contributed by atoms with Crippen LogP contribution in [0.15, 0.2) is 24.3 Å². The molecule has 1 unspecified atom stereocenters. The zero-order chi connectivity index (χ0) is 13.1. The fourth-order valence-electron chi connectivity index (χ4n) is 1.84. The normalized spacial score (nSPS) is 12.6. The van der Waals surface area contributed by atoms with Gasteiger partial charge in [0.2, 0.25) is 0 Å². The molecule has 0 radical (unpaired) electrons. The topological polar surface area (TPSA) is 68.1 Å². The minimum atomic E-state index is -0.706. The van der Waals surface area contributed by atoms with Gasteiger partial charge < -0.3 is 15.5 Å². The predicted molar refractivity (Wildman–Crippen MR) is 66.6 cm³/mol. The molecule has 0 bridgehead atoms. The Kier molecular flexibility index (Phi) is 3.62. The number of halogens is 1. The SMILES string of the molecule is CCOC(=O)C(N)Cc1cc2ccc(F)cc2[nH]1. The summed E-state index contributed by atoms with van der Waals surface area (Å²) in [5, 5.41) is 0.891. The van der Waals surface area contributed by atoms with Crippen LogP contribution in [-0.2, 0) is 16.0 Å². The smallest absolute Gasteiger partial charge is 0.323 e. The van der Waals surface area contributed by atoms with E-state index in [0.717, 1.165) is 11.1 Å². The third-order valence-corrected chi connectivity index (χ3v) is 2.67. The molecule has 1 atom stereocenters. The van der Waals surface area contributed by atoms with E-state index in [1.54, 1.807) is 13.0 Å². The number of nitrogens with one attached hydrogen (secondary N) is 1. The van der Waals surface area contributed by atoms with Crippen molar-refractivity contribution in [2.24, 2.45) is 5.73 Å². The fourth-order valence-corrected chi connectivity index (χ4v) is 1.84. The molecule has 0 aliphatic carbocycles. The minimum Gasteiger partial charge on any atom is -0.465 e. The number of esters is 1. The van der Waals surface area contributed by atoms with Crippen LogP contribution < -0.4 is 5.73 Å². The van der Waals surface area contributed by atoms with Gasteiger partial charge in [-0.1, -0.05) is 0 Å². The van der Waals surface area contributed by atoms with Gasteiger partial charge >= 0.3 is 5.97 Å². The van der Waals surface area contributed by atoms with E-state index < -0.39 is 12.0 Å². The molecule has 2 rings (SSSR count). The number of carbonyl (C=O) groups is 1. The fraction of sp³-hybridized carbons (Fsp3) is 0.308. The van der Waals surface area contributed by atoms with Gasteiger partial charge in [-0.25, -0.2) is 4.39 Å². The molecule has 4 nitrogen and oxygen atoms in total. The average Bonchev–Trinajstić information content (AvgIpc) is 2.70. The van der Waals surface area contributed by atoms with Crippen LogP contribution in [0.5, 0.6) is 0 Å². The van der Waals surface area contributed by atoms with Gasteiger partial charge in [-0.15, -0.1) is 0 Å². The average molecular weight is 250 g/mol. The lowest BCUT2D eigenvalue weighted by atomic mass is 10.1. The summed E-state index contributed by atoms with van der Waals surface area (Å²) >= 11 is 0. The molecular formula is C13H15FN2O2. The molecule has 2 aromatic rings. The Bertz CT molecular complexity index is 565. The summed E-state index contributed by atoms with van der Waals surface area (Å²) in [4.78, 5) is 14.4. The maximum Gasteiger partial charge on any atom is 0.323 e. The van der Waals surface area contributed by atoms with Gasteiger partial charge in [0.05, 0.1) is 6.61 Å². The molecule has 18 heavy (non-hydrogen) atoms. The third kappa shape index (κ3) is 2.68. The summed E-state index contributed by atoms with van der Waals surface area (Å²) in [5.74, 6) is -0.729. The molecule has 0 fully saturated rings. The van der Waals surface area contributed by atoms with E-state index in [4.69, 9.17) is 10.5 Å². The van der Waals surface area contributed by atoms with Crippen LogP contribution in [0.25, 0.3) is 10.9 Å². The van der Waals surface area contributed by atoms with E-state index >= 15 is 0 Å². The number of aromatic amines is 1. The Balaban J connectivity index is 2.14. The summed E-state index contributed by atoms with van der Waals surface area (Å²) in [6.07, 6.45) is 0.342. The van der Waals surface area contributed by atoms with Crippen molar-refractivity contribution < 1.29 is 13.9 Å². The van der Waals surface area contributed by atoms with Crippen LogP contribution in [0.1, 0.15) is 12.6 Å². The zero-order valence-corrected chi connectivity index (χ0v) is 10.1. The number of rotatable bonds is 4. The largest absolute Gasteiger partial charge is 0.465 e. The van der Waals surface area contributed by atoms with Crippen LogP contribution in [0.2, 0.25) is 0 Å². The van der Waals surface area contributed by atoms with Crippen molar-refractivity contribution in [2.45, 2.75) is 19.4 Å². The number of aromatic nitrogens is 1. The number of H-pyrrole nitrogens is 1. The monoisotopic (exact) mass is 250 g/mol. The molecule has 1 aromatic heterocycles. The highest BCUT2D eigenvalue weighted by Crippen LogP contribution is 2.17. The molecule has 0 spiro atoms. The van der Waals surface area contributed by atoms with Gasteiger partial charge in [0, 0.05) is 17.6 Å². The highest BCUT2D eigenvalue weighted by atomic mass is 19.1. The number of hydrogen-bond donors (Lipinski definition) is 2. The van der Waals surface area contributed by atoms with Crippen molar-refractivity contribution in [2.75, 3.05) is 6.61 Å². The van der Waals surface area contributed by atoms with Crippen LogP contribution in [-0.4, -0.2) is 23.6 Å². The van der Waals surface area contributed by atoms with E-state index in [2.05, 4.69) is 4.98 Å². The van der Waals surface area contributed by atoms with Crippen molar-refractivity contribution in [3.63, 3.8) is 0 Å². The molecule has 96 valence electrons. The predicted octanol–water partition coefficient (Wildman–Crippen LogP) is 1.74.